The van der Waals surface area contributed by atoms with Gasteiger partial charge in [-0.3, -0.25) is 18.6 Å². The molecule has 0 fully saturated rings. The highest BCUT2D eigenvalue weighted by Gasteiger charge is 2.27. The van der Waals surface area contributed by atoms with E-state index in [2.05, 4.69) is 50.3 Å². The molecule has 0 radical (unpaired) electrons. The standard InChI is InChI=1S/C86H166NO8P/c1-6-8-10-12-14-16-18-20-22-24-26-28-30-32-34-36-38-40-42-43-45-47-49-51-53-55-57-59-61-63-65-67-69-71-73-75-77-79-86(89)95-84(83-94-96(90,91)93-81-80-87(3,4)5)82-92-85(88)78-76-74-72-70-68-66-64-62-60-58-56-54-52-50-48-46-44-41-39-37-35-33-31-29-27-25-23-21-19-17-15-13-11-9-7-2/h18,20,24,26,30,32,84H,6-17,19,21-23,25,27-29,31,33-83H2,1-5H3/p+1/b20-18-,26-24-,32-30-. The smallest absolute Gasteiger partial charge is 0.462 e. The van der Waals surface area contributed by atoms with Crippen molar-refractivity contribution in [3.63, 3.8) is 0 Å². The number of likely N-dealkylation sites (N-methyl/N-ethyl adjacent to an activating group) is 1. The Hall–Kier alpha value is -1.77. The third kappa shape index (κ3) is 81.2. The SMILES string of the molecule is CCCCCCC/C=C\C/C=C\C/C=C\CCCCCCCCCCCCCCCCCCCCCCCCC(=O)OC(COC(=O)CCCCCCCCCCCCCCCCCCCCCCCCCCCCCCCCCCCCC)COP(=O)(O)OCC[N+](C)(C)C. The molecule has 2 unspecified atom stereocenters. The first-order valence-electron chi connectivity index (χ1n) is 42.7. The summed E-state index contributed by atoms with van der Waals surface area (Å²) in [6, 6.07) is 0. The van der Waals surface area contributed by atoms with Crippen molar-refractivity contribution in [2.24, 2.45) is 0 Å². The molecule has 568 valence electrons. The Bertz CT molecular complexity index is 1710. The molecule has 10 heteroatoms. The Balaban J connectivity index is 3.87. The maximum atomic E-state index is 12.9. The molecule has 0 aromatic heterocycles. The fourth-order valence-corrected chi connectivity index (χ4v) is 13.9. The van der Waals surface area contributed by atoms with Crippen LogP contribution in [0.15, 0.2) is 36.5 Å². The van der Waals surface area contributed by atoms with E-state index >= 15 is 0 Å². The van der Waals surface area contributed by atoms with Gasteiger partial charge in [-0.05, 0) is 51.4 Å². The number of quaternary nitrogens is 1. The Morgan fingerprint density at radius 1 is 0.323 bits per heavy atom. The van der Waals surface area contributed by atoms with Gasteiger partial charge >= 0.3 is 19.8 Å². The van der Waals surface area contributed by atoms with Gasteiger partial charge in [-0.25, -0.2) is 4.57 Å². The zero-order valence-corrected chi connectivity index (χ0v) is 66.0. The van der Waals surface area contributed by atoms with Crippen LogP contribution in [0.3, 0.4) is 0 Å². The lowest BCUT2D eigenvalue weighted by Crippen LogP contribution is -2.37. The number of carbonyl (C=O) groups is 2. The molecule has 0 amide bonds. The minimum Gasteiger partial charge on any atom is -0.462 e. The molecular formula is C86H167NO8P+. The Morgan fingerprint density at radius 2 is 0.562 bits per heavy atom. The van der Waals surface area contributed by atoms with E-state index in [4.69, 9.17) is 18.5 Å². The molecule has 0 spiro atoms. The average Bonchev–Trinajstić information content (AvgIpc) is 2.72. The summed E-state index contributed by atoms with van der Waals surface area (Å²) < 4.78 is 34.9. The van der Waals surface area contributed by atoms with Crippen LogP contribution in [-0.4, -0.2) is 74.9 Å². The van der Waals surface area contributed by atoms with Crippen molar-refractivity contribution in [1.29, 1.82) is 0 Å². The van der Waals surface area contributed by atoms with Crippen LogP contribution in [0.4, 0.5) is 0 Å². The monoisotopic (exact) mass is 1370 g/mol. The van der Waals surface area contributed by atoms with Crippen molar-refractivity contribution in [3.05, 3.63) is 36.5 Å². The van der Waals surface area contributed by atoms with Crippen LogP contribution in [0.1, 0.15) is 450 Å². The number of esters is 2. The molecule has 0 heterocycles. The molecule has 0 saturated carbocycles. The van der Waals surface area contributed by atoms with E-state index < -0.39 is 26.5 Å². The average molecular weight is 1370 g/mol. The van der Waals surface area contributed by atoms with E-state index in [1.54, 1.807) is 0 Å². The predicted octanol–water partition coefficient (Wildman–Crippen LogP) is 28.5. The van der Waals surface area contributed by atoms with Gasteiger partial charge in [0.15, 0.2) is 6.10 Å². The highest BCUT2D eigenvalue weighted by atomic mass is 31.2. The number of hydrogen-bond acceptors (Lipinski definition) is 7. The minimum absolute atomic E-state index is 0.0357. The predicted molar refractivity (Wildman–Crippen MR) is 418 cm³/mol. The second-order valence-electron chi connectivity index (χ2n) is 30.6. The number of unbranched alkanes of at least 4 members (excludes halogenated alkanes) is 61. The summed E-state index contributed by atoms with van der Waals surface area (Å²) in [5, 5.41) is 0. The highest BCUT2D eigenvalue weighted by Crippen LogP contribution is 2.43. The largest absolute Gasteiger partial charge is 0.472 e. The summed E-state index contributed by atoms with van der Waals surface area (Å²) >= 11 is 0. The van der Waals surface area contributed by atoms with E-state index in [0.29, 0.717) is 23.9 Å². The number of ether oxygens (including phenoxy) is 2. The molecule has 9 nitrogen and oxygen atoms in total. The number of rotatable bonds is 81. The van der Waals surface area contributed by atoms with Crippen molar-refractivity contribution in [2.45, 2.75) is 457 Å². The Kier molecular flexibility index (Phi) is 76.0. The molecule has 0 aliphatic carbocycles. The fraction of sp³-hybridized carbons (Fsp3) is 0.907. The second-order valence-corrected chi connectivity index (χ2v) is 32.0. The summed E-state index contributed by atoms with van der Waals surface area (Å²) in [5.41, 5.74) is 0. The van der Waals surface area contributed by atoms with Gasteiger partial charge < -0.3 is 18.9 Å². The van der Waals surface area contributed by atoms with E-state index in [0.717, 1.165) is 44.9 Å². The number of allylic oxidation sites excluding steroid dienone is 6. The van der Waals surface area contributed by atoms with Crippen LogP contribution in [0.25, 0.3) is 0 Å². The lowest BCUT2D eigenvalue weighted by Gasteiger charge is -2.24. The maximum absolute atomic E-state index is 12.9. The first-order valence-corrected chi connectivity index (χ1v) is 44.2. The lowest BCUT2D eigenvalue weighted by atomic mass is 10.0. The normalized spacial score (nSPS) is 13.1. The van der Waals surface area contributed by atoms with Gasteiger partial charge in [-0.2, -0.15) is 0 Å². The zero-order valence-electron chi connectivity index (χ0n) is 65.2. The molecule has 0 aliphatic rings. The minimum atomic E-state index is -4.39. The summed E-state index contributed by atoms with van der Waals surface area (Å²) in [5.74, 6) is -0.768. The van der Waals surface area contributed by atoms with Crippen LogP contribution in [0.2, 0.25) is 0 Å². The number of nitrogens with zero attached hydrogens (tertiary/aromatic N) is 1. The van der Waals surface area contributed by atoms with Crippen molar-refractivity contribution in [2.75, 3.05) is 47.5 Å². The first kappa shape index (κ1) is 94.2. The van der Waals surface area contributed by atoms with Crippen LogP contribution in [0.5, 0.6) is 0 Å². The van der Waals surface area contributed by atoms with Gasteiger partial charge in [0.1, 0.15) is 19.8 Å². The van der Waals surface area contributed by atoms with Crippen molar-refractivity contribution < 1.29 is 42.1 Å². The highest BCUT2D eigenvalue weighted by molar-refractivity contribution is 7.47. The van der Waals surface area contributed by atoms with E-state index in [-0.39, 0.29) is 25.6 Å². The van der Waals surface area contributed by atoms with E-state index in [9.17, 15) is 19.0 Å². The number of carbonyl (C=O) groups excluding carboxylic acids is 2. The molecule has 0 aromatic rings. The van der Waals surface area contributed by atoms with Crippen LogP contribution >= 0.6 is 7.82 Å². The van der Waals surface area contributed by atoms with Gasteiger partial charge in [0.05, 0.1) is 27.7 Å². The molecule has 96 heavy (non-hydrogen) atoms. The molecule has 2 atom stereocenters. The topological polar surface area (TPSA) is 108 Å². The van der Waals surface area contributed by atoms with Crippen molar-refractivity contribution >= 4 is 19.8 Å². The Labute approximate surface area is 599 Å². The lowest BCUT2D eigenvalue weighted by molar-refractivity contribution is -0.870. The number of phosphoric acid groups is 1. The fourth-order valence-electron chi connectivity index (χ4n) is 13.2. The molecule has 0 aromatic carbocycles. The van der Waals surface area contributed by atoms with Gasteiger partial charge in [0.2, 0.25) is 0 Å². The maximum Gasteiger partial charge on any atom is 0.472 e. The third-order valence-electron chi connectivity index (χ3n) is 19.7. The van der Waals surface area contributed by atoms with Crippen molar-refractivity contribution in [3.8, 4) is 0 Å². The van der Waals surface area contributed by atoms with E-state index in [1.165, 1.54) is 372 Å². The van der Waals surface area contributed by atoms with Gasteiger partial charge in [0, 0.05) is 12.8 Å². The molecular weight excluding hydrogens is 1210 g/mol. The van der Waals surface area contributed by atoms with Crippen LogP contribution in [0, 0.1) is 0 Å². The van der Waals surface area contributed by atoms with E-state index in [1.807, 2.05) is 21.1 Å². The van der Waals surface area contributed by atoms with Crippen molar-refractivity contribution in [1.82, 2.24) is 0 Å². The molecule has 1 N–H and O–H groups in total. The zero-order chi connectivity index (χ0) is 69.7. The molecule has 0 saturated heterocycles. The number of phosphoric ester groups is 1. The first-order chi connectivity index (χ1) is 47.0. The quantitative estimate of drug-likeness (QED) is 0.0211. The van der Waals surface area contributed by atoms with Crippen LogP contribution < -0.4 is 0 Å². The summed E-state index contributed by atoms with van der Waals surface area (Å²) in [4.78, 5) is 36.0. The molecule has 0 aliphatic heterocycles. The number of hydrogen-bond donors (Lipinski definition) is 1. The summed E-state index contributed by atoms with van der Waals surface area (Å²) in [7, 11) is 1.51. The van der Waals surface area contributed by atoms with Gasteiger partial charge in [-0.15, -0.1) is 0 Å². The summed E-state index contributed by atoms with van der Waals surface area (Å²) in [6.07, 6.45) is 102. The molecule has 0 bridgehead atoms. The second kappa shape index (κ2) is 77.4. The molecule has 0 rings (SSSR count). The third-order valence-corrected chi connectivity index (χ3v) is 20.7. The van der Waals surface area contributed by atoms with Crippen LogP contribution in [-0.2, 0) is 32.7 Å². The summed E-state index contributed by atoms with van der Waals surface area (Å²) in [6.45, 7) is 4.51. The Morgan fingerprint density at radius 3 is 0.833 bits per heavy atom. The van der Waals surface area contributed by atoms with Gasteiger partial charge in [0.25, 0.3) is 0 Å². The van der Waals surface area contributed by atoms with Gasteiger partial charge in [-0.1, -0.05) is 423 Å².